The lowest BCUT2D eigenvalue weighted by Gasteiger charge is -2.12. The Kier molecular flexibility index (Phi) is 3.28. The van der Waals surface area contributed by atoms with Crippen LogP contribution in [0.2, 0.25) is 0 Å². The van der Waals surface area contributed by atoms with E-state index in [0.717, 1.165) is 56.0 Å². The predicted molar refractivity (Wildman–Crippen MR) is 70.4 cm³/mol. The van der Waals surface area contributed by atoms with E-state index in [1.807, 2.05) is 18.3 Å². The Balaban J connectivity index is 1.97. The normalized spacial score (nSPS) is 19.7. The van der Waals surface area contributed by atoms with E-state index in [1.165, 1.54) is 0 Å². The van der Waals surface area contributed by atoms with Gasteiger partial charge in [0.05, 0.1) is 6.61 Å². The molecular formula is C14H19N3O. The first kappa shape index (κ1) is 11.7. The number of imidazole rings is 1. The zero-order valence-electron chi connectivity index (χ0n) is 10.8. The Morgan fingerprint density at radius 3 is 3.22 bits per heavy atom. The standard InChI is InChI=1S/C14H19N3O/c1-2-4-13-16-12-5-3-7-15-14(12)17(13)9-11-6-8-18-10-11/h3,5,7,11H,2,4,6,8-10H2,1H3. The fourth-order valence-corrected chi connectivity index (χ4v) is 2.60. The molecule has 2 aromatic rings. The van der Waals surface area contributed by atoms with Gasteiger partial charge in [0, 0.05) is 31.7 Å². The number of hydrogen-bond donors (Lipinski definition) is 0. The van der Waals surface area contributed by atoms with E-state index in [-0.39, 0.29) is 0 Å². The van der Waals surface area contributed by atoms with Crippen molar-refractivity contribution >= 4 is 11.2 Å². The van der Waals surface area contributed by atoms with E-state index in [0.29, 0.717) is 5.92 Å². The highest BCUT2D eigenvalue weighted by atomic mass is 16.5. The SMILES string of the molecule is CCCc1nc2cccnc2n1CC1CCOC1. The summed E-state index contributed by atoms with van der Waals surface area (Å²) in [5, 5.41) is 0. The number of fused-ring (bicyclic) bond motifs is 1. The fourth-order valence-electron chi connectivity index (χ4n) is 2.60. The Labute approximate surface area is 107 Å². The largest absolute Gasteiger partial charge is 0.381 e. The van der Waals surface area contributed by atoms with Crippen molar-refractivity contribution in [1.29, 1.82) is 0 Å². The van der Waals surface area contributed by atoms with Gasteiger partial charge >= 0.3 is 0 Å². The summed E-state index contributed by atoms with van der Waals surface area (Å²) in [4.78, 5) is 9.19. The minimum Gasteiger partial charge on any atom is -0.381 e. The van der Waals surface area contributed by atoms with Crippen LogP contribution in [0.1, 0.15) is 25.6 Å². The van der Waals surface area contributed by atoms with Crippen LogP contribution in [0.25, 0.3) is 11.2 Å². The predicted octanol–water partition coefficient (Wildman–Crippen LogP) is 2.42. The summed E-state index contributed by atoms with van der Waals surface area (Å²) in [5.41, 5.74) is 2.03. The lowest BCUT2D eigenvalue weighted by atomic mass is 10.1. The van der Waals surface area contributed by atoms with E-state index < -0.39 is 0 Å². The van der Waals surface area contributed by atoms with Crippen LogP contribution in [-0.2, 0) is 17.7 Å². The van der Waals surface area contributed by atoms with Crippen LogP contribution in [-0.4, -0.2) is 27.7 Å². The molecule has 4 nitrogen and oxygen atoms in total. The molecule has 1 fully saturated rings. The van der Waals surface area contributed by atoms with Crippen LogP contribution < -0.4 is 0 Å². The first-order chi connectivity index (χ1) is 8.88. The second-order valence-corrected chi connectivity index (χ2v) is 4.96. The molecule has 1 atom stereocenters. The molecule has 0 bridgehead atoms. The van der Waals surface area contributed by atoms with Crippen LogP contribution in [0, 0.1) is 5.92 Å². The molecule has 1 aliphatic rings. The summed E-state index contributed by atoms with van der Waals surface area (Å²) in [6, 6.07) is 4.00. The Morgan fingerprint density at radius 1 is 1.50 bits per heavy atom. The van der Waals surface area contributed by atoms with Crippen molar-refractivity contribution in [3.05, 3.63) is 24.2 Å². The van der Waals surface area contributed by atoms with Crippen molar-refractivity contribution in [3.8, 4) is 0 Å². The molecular weight excluding hydrogens is 226 g/mol. The molecule has 0 radical (unpaired) electrons. The first-order valence-corrected chi connectivity index (χ1v) is 6.76. The minimum absolute atomic E-state index is 0.611. The summed E-state index contributed by atoms with van der Waals surface area (Å²) < 4.78 is 7.75. The summed E-state index contributed by atoms with van der Waals surface area (Å²) >= 11 is 0. The summed E-state index contributed by atoms with van der Waals surface area (Å²) in [7, 11) is 0. The molecule has 3 heterocycles. The molecule has 18 heavy (non-hydrogen) atoms. The molecule has 1 aliphatic heterocycles. The van der Waals surface area contributed by atoms with Crippen LogP contribution in [0.3, 0.4) is 0 Å². The summed E-state index contributed by atoms with van der Waals surface area (Å²) in [6.07, 6.45) is 5.13. The van der Waals surface area contributed by atoms with Gasteiger partial charge in [0.1, 0.15) is 11.3 Å². The van der Waals surface area contributed by atoms with Gasteiger partial charge in [-0.05, 0) is 25.0 Å². The highest BCUT2D eigenvalue weighted by Crippen LogP contribution is 2.20. The monoisotopic (exact) mass is 245 g/mol. The lowest BCUT2D eigenvalue weighted by molar-refractivity contribution is 0.182. The molecule has 2 aromatic heterocycles. The maximum atomic E-state index is 5.46. The number of aryl methyl sites for hydroxylation is 1. The van der Waals surface area contributed by atoms with Crippen molar-refractivity contribution in [2.24, 2.45) is 5.92 Å². The Hall–Kier alpha value is -1.42. The molecule has 1 saturated heterocycles. The van der Waals surface area contributed by atoms with Crippen molar-refractivity contribution < 1.29 is 4.74 Å². The molecule has 96 valence electrons. The lowest BCUT2D eigenvalue weighted by Crippen LogP contribution is -2.13. The molecule has 1 unspecified atom stereocenters. The molecule has 0 spiro atoms. The van der Waals surface area contributed by atoms with Crippen molar-refractivity contribution in [3.63, 3.8) is 0 Å². The van der Waals surface area contributed by atoms with Crippen LogP contribution in [0.15, 0.2) is 18.3 Å². The molecule has 0 amide bonds. The average molecular weight is 245 g/mol. The van der Waals surface area contributed by atoms with Crippen molar-refractivity contribution in [2.75, 3.05) is 13.2 Å². The number of rotatable bonds is 4. The average Bonchev–Trinajstić information content (AvgIpc) is 3.00. The second-order valence-electron chi connectivity index (χ2n) is 4.96. The summed E-state index contributed by atoms with van der Waals surface area (Å²) in [5.74, 6) is 1.78. The van der Waals surface area contributed by atoms with Gasteiger partial charge in [0.15, 0.2) is 5.65 Å². The fraction of sp³-hybridized carbons (Fsp3) is 0.571. The highest BCUT2D eigenvalue weighted by Gasteiger charge is 2.19. The topological polar surface area (TPSA) is 39.9 Å². The quantitative estimate of drug-likeness (QED) is 0.830. The third kappa shape index (κ3) is 2.12. The van der Waals surface area contributed by atoms with E-state index in [2.05, 4.69) is 16.5 Å². The number of aromatic nitrogens is 3. The van der Waals surface area contributed by atoms with E-state index in [4.69, 9.17) is 9.72 Å². The highest BCUT2D eigenvalue weighted by molar-refractivity contribution is 5.71. The third-order valence-electron chi connectivity index (χ3n) is 3.52. The van der Waals surface area contributed by atoms with Crippen molar-refractivity contribution in [1.82, 2.24) is 14.5 Å². The third-order valence-corrected chi connectivity index (χ3v) is 3.52. The molecule has 0 saturated carbocycles. The molecule has 0 aliphatic carbocycles. The zero-order chi connectivity index (χ0) is 12.4. The first-order valence-electron chi connectivity index (χ1n) is 6.76. The maximum absolute atomic E-state index is 5.46. The van der Waals surface area contributed by atoms with Gasteiger partial charge in [-0.15, -0.1) is 0 Å². The second kappa shape index (κ2) is 5.06. The van der Waals surface area contributed by atoms with Gasteiger partial charge in [-0.2, -0.15) is 0 Å². The molecule has 0 N–H and O–H groups in total. The van der Waals surface area contributed by atoms with E-state index >= 15 is 0 Å². The Morgan fingerprint density at radius 2 is 2.44 bits per heavy atom. The van der Waals surface area contributed by atoms with Crippen LogP contribution >= 0.6 is 0 Å². The minimum atomic E-state index is 0.611. The number of nitrogens with zero attached hydrogens (tertiary/aromatic N) is 3. The van der Waals surface area contributed by atoms with Crippen LogP contribution in [0.5, 0.6) is 0 Å². The molecule has 4 heteroatoms. The maximum Gasteiger partial charge on any atom is 0.159 e. The van der Waals surface area contributed by atoms with Crippen LogP contribution in [0.4, 0.5) is 0 Å². The van der Waals surface area contributed by atoms with Gasteiger partial charge in [-0.1, -0.05) is 6.92 Å². The molecule has 3 rings (SSSR count). The van der Waals surface area contributed by atoms with Gasteiger partial charge in [-0.3, -0.25) is 0 Å². The van der Waals surface area contributed by atoms with Gasteiger partial charge in [0.2, 0.25) is 0 Å². The van der Waals surface area contributed by atoms with E-state index in [1.54, 1.807) is 0 Å². The summed E-state index contributed by atoms with van der Waals surface area (Å²) in [6.45, 7) is 4.95. The van der Waals surface area contributed by atoms with E-state index in [9.17, 15) is 0 Å². The molecule has 0 aromatic carbocycles. The van der Waals surface area contributed by atoms with Crippen molar-refractivity contribution in [2.45, 2.75) is 32.7 Å². The zero-order valence-corrected chi connectivity index (χ0v) is 10.8. The van der Waals surface area contributed by atoms with Gasteiger partial charge in [-0.25, -0.2) is 9.97 Å². The number of hydrogen-bond acceptors (Lipinski definition) is 3. The number of pyridine rings is 1. The van der Waals surface area contributed by atoms with Gasteiger partial charge in [0.25, 0.3) is 0 Å². The number of ether oxygens (including phenoxy) is 1. The Bertz CT molecular complexity index is 529. The van der Waals surface area contributed by atoms with Gasteiger partial charge < -0.3 is 9.30 Å². The smallest absolute Gasteiger partial charge is 0.159 e.